The van der Waals surface area contributed by atoms with Gasteiger partial charge in [-0.3, -0.25) is 0 Å². The number of ether oxygens (including phenoxy) is 1. The second-order valence-corrected chi connectivity index (χ2v) is 3.68. The Morgan fingerprint density at radius 2 is 2.15 bits per heavy atom. The van der Waals surface area contributed by atoms with Gasteiger partial charge in [0.15, 0.2) is 11.6 Å². The number of hydrogen-bond donors (Lipinski definition) is 1. The van der Waals surface area contributed by atoms with Gasteiger partial charge in [0.05, 0.1) is 10.5 Å². The Labute approximate surface area is 81.8 Å². The Bertz CT molecular complexity index is 370. The van der Waals surface area contributed by atoms with Crippen LogP contribution in [0.4, 0.5) is 8.78 Å². The van der Waals surface area contributed by atoms with E-state index in [0.29, 0.717) is 5.56 Å². The van der Waals surface area contributed by atoms with Gasteiger partial charge in [-0.05, 0) is 22.0 Å². The zero-order valence-corrected chi connectivity index (χ0v) is 8.07. The second-order valence-electron chi connectivity index (χ2n) is 2.82. The standard InChI is InChI=1S/C8H6BrF2NO/c9-4-1-3-5(12)2-13-8(3)7(11)6(4)10/h1,5H,2,12H2/t5-/m1/s1. The maximum atomic E-state index is 13.2. The molecule has 13 heavy (non-hydrogen) atoms. The van der Waals surface area contributed by atoms with E-state index in [-0.39, 0.29) is 22.9 Å². The lowest BCUT2D eigenvalue weighted by Gasteiger charge is -2.04. The van der Waals surface area contributed by atoms with E-state index in [1.807, 2.05) is 0 Å². The van der Waals surface area contributed by atoms with Crippen molar-refractivity contribution in [1.29, 1.82) is 0 Å². The lowest BCUT2D eigenvalue weighted by molar-refractivity contribution is 0.314. The van der Waals surface area contributed by atoms with E-state index in [4.69, 9.17) is 10.5 Å². The van der Waals surface area contributed by atoms with Crippen molar-refractivity contribution in [3.63, 3.8) is 0 Å². The predicted octanol–water partition coefficient (Wildman–Crippen LogP) is 2.12. The molecule has 1 aromatic carbocycles. The van der Waals surface area contributed by atoms with E-state index in [9.17, 15) is 8.78 Å². The summed E-state index contributed by atoms with van der Waals surface area (Å²) in [5.74, 6) is -1.97. The number of halogens is 3. The Morgan fingerprint density at radius 1 is 1.46 bits per heavy atom. The molecule has 0 aliphatic carbocycles. The minimum Gasteiger partial charge on any atom is -0.488 e. The van der Waals surface area contributed by atoms with Crippen LogP contribution in [0.3, 0.4) is 0 Å². The summed E-state index contributed by atoms with van der Waals surface area (Å²) < 4.78 is 31.1. The molecule has 1 aliphatic heterocycles. The lowest BCUT2D eigenvalue weighted by Crippen LogP contribution is -2.10. The Morgan fingerprint density at radius 3 is 2.85 bits per heavy atom. The molecule has 1 aliphatic rings. The van der Waals surface area contributed by atoms with E-state index in [2.05, 4.69) is 15.9 Å². The quantitative estimate of drug-likeness (QED) is 0.716. The highest BCUT2D eigenvalue weighted by Crippen LogP contribution is 2.37. The van der Waals surface area contributed by atoms with Crippen molar-refractivity contribution >= 4 is 15.9 Å². The molecule has 0 radical (unpaired) electrons. The van der Waals surface area contributed by atoms with E-state index < -0.39 is 11.6 Å². The van der Waals surface area contributed by atoms with Gasteiger partial charge >= 0.3 is 0 Å². The van der Waals surface area contributed by atoms with Gasteiger partial charge in [-0.1, -0.05) is 0 Å². The maximum absolute atomic E-state index is 13.2. The normalized spacial score (nSPS) is 19.8. The van der Waals surface area contributed by atoms with Crippen molar-refractivity contribution in [3.8, 4) is 5.75 Å². The number of rotatable bonds is 0. The summed E-state index contributed by atoms with van der Waals surface area (Å²) >= 11 is 2.90. The van der Waals surface area contributed by atoms with E-state index in [1.165, 1.54) is 6.07 Å². The fraction of sp³-hybridized carbons (Fsp3) is 0.250. The largest absolute Gasteiger partial charge is 0.488 e. The van der Waals surface area contributed by atoms with Crippen LogP contribution in [0.2, 0.25) is 0 Å². The first-order valence-corrected chi connectivity index (χ1v) is 4.46. The van der Waals surface area contributed by atoms with Gasteiger partial charge in [0, 0.05) is 5.56 Å². The van der Waals surface area contributed by atoms with E-state index in [1.54, 1.807) is 0 Å². The number of hydrogen-bond acceptors (Lipinski definition) is 2. The summed E-state index contributed by atoms with van der Waals surface area (Å²) in [6.07, 6.45) is 0. The molecule has 1 aromatic rings. The van der Waals surface area contributed by atoms with Crippen LogP contribution in [0.15, 0.2) is 10.5 Å². The summed E-state index contributed by atoms with van der Waals surface area (Å²) in [5.41, 5.74) is 6.10. The third kappa shape index (κ3) is 1.23. The molecule has 0 bridgehead atoms. The molecule has 0 saturated heterocycles. The molecule has 2 N–H and O–H groups in total. The smallest absolute Gasteiger partial charge is 0.202 e. The topological polar surface area (TPSA) is 35.2 Å². The average molecular weight is 250 g/mol. The van der Waals surface area contributed by atoms with Crippen molar-refractivity contribution < 1.29 is 13.5 Å². The van der Waals surface area contributed by atoms with Crippen LogP contribution in [-0.2, 0) is 0 Å². The molecule has 0 unspecified atom stereocenters. The predicted molar refractivity (Wildman–Crippen MR) is 46.5 cm³/mol. The molecule has 0 saturated carbocycles. The summed E-state index contributed by atoms with van der Waals surface area (Å²) in [4.78, 5) is 0. The number of fused-ring (bicyclic) bond motifs is 1. The molecule has 2 rings (SSSR count). The fourth-order valence-electron chi connectivity index (χ4n) is 1.28. The van der Waals surface area contributed by atoms with Crippen molar-refractivity contribution in [2.45, 2.75) is 6.04 Å². The maximum Gasteiger partial charge on any atom is 0.202 e. The van der Waals surface area contributed by atoms with E-state index in [0.717, 1.165) is 0 Å². The van der Waals surface area contributed by atoms with Crippen LogP contribution >= 0.6 is 15.9 Å². The molecule has 5 heteroatoms. The molecule has 0 amide bonds. The molecule has 70 valence electrons. The van der Waals surface area contributed by atoms with E-state index >= 15 is 0 Å². The molecular formula is C8H6BrF2NO. The number of benzene rings is 1. The van der Waals surface area contributed by atoms with Gasteiger partial charge in [0.25, 0.3) is 0 Å². The Kier molecular flexibility index (Phi) is 2.00. The van der Waals surface area contributed by atoms with Crippen LogP contribution in [0, 0.1) is 11.6 Å². The van der Waals surface area contributed by atoms with Gasteiger partial charge in [-0.2, -0.15) is 4.39 Å². The molecule has 1 heterocycles. The molecule has 0 fully saturated rings. The summed E-state index contributed by atoms with van der Waals surface area (Å²) in [6, 6.07) is 1.08. The first-order valence-electron chi connectivity index (χ1n) is 3.67. The molecule has 1 atom stereocenters. The van der Waals surface area contributed by atoms with Gasteiger partial charge in [-0.25, -0.2) is 4.39 Å². The minimum atomic E-state index is -0.975. The van der Waals surface area contributed by atoms with Crippen LogP contribution in [0.5, 0.6) is 5.75 Å². The molecular weight excluding hydrogens is 244 g/mol. The lowest BCUT2D eigenvalue weighted by atomic mass is 10.1. The first-order chi connectivity index (χ1) is 6.11. The van der Waals surface area contributed by atoms with Gasteiger partial charge in [-0.15, -0.1) is 0 Å². The molecule has 2 nitrogen and oxygen atoms in total. The second kappa shape index (κ2) is 2.92. The SMILES string of the molecule is N[C@@H]1COc2c1cc(Br)c(F)c2F. The monoisotopic (exact) mass is 249 g/mol. The first kappa shape index (κ1) is 8.90. The number of nitrogens with two attached hydrogens (primary N) is 1. The zero-order chi connectivity index (χ0) is 9.59. The Hall–Kier alpha value is -0.680. The summed E-state index contributed by atoms with van der Waals surface area (Å²) in [7, 11) is 0. The average Bonchev–Trinajstić information content (AvgIpc) is 2.45. The van der Waals surface area contributed by atoms with Gasteiger partial charge in [0.2, 0.25) is 5.82 Å². The highest BCUT2D eigenvalue weighted by Gasteiger charge is 2.27. The van der Waals surface area contributed by atoms with Gasteiger partial charge in [0.1, 0.15) is 6.61 Å². The summed E-state index contributed by atoms with van der Waals surface area (Å²) in [5, 5.41) is 0. The van der Waals surface area contributed by atoms with Crippen molar-refractivity contribution in [2.75, 3.05) is 6.61 Å². The molecule has 0 aromatic heterocycles. The molecule has 0 spiro atoms. The van der Waals surface area contributed by atoms with Crippen molar-refractivity contribution in [3.05, 3.63) is 27.7 Å². The highest BCUT2D eigenvalue weighted by molar-refractivity contribution is 9.10. The fourth-order valence-corrected chi connectivity index (χ4v) is 1.70. The van der Waals surface area contributed by atoms with Gasteiger partial charge < -0.3 is 10.5 Å². The van der Waals surface area contributed by atoms with Crippen LogP contribution < -0.4 is 10.5 Å². The third-order valence-corrected chi connectivity index (χ3v) is 2.53. The summed E-state index contributed by atoms with van der Waals surface area (Å²) in [6.45, 7) is 0.197. The highest BCUT2D eigenvalue weighted by atomic mass is 79.9. The zero-order valence-electron chi connectivity index (χ0n) is 6.48. The van der Waals surface area contributed by atoms with Crippen molar-refractivity contribution in [2.24, 2.45) is 5.73 Å². The van der Waals surface area contributed by atoms with Crippen molar-refractivity contribution in [1.82, 2.24) is 0 Å². The van der Waals surface area contributed by atoms with Crippen LogP contribution in [0.25, 0.3) is 0 Å². The van der Waals surface area contributed by atoms with Crippen LogP contribution in [0.1, 0.15) is 11.6 Å². The van der Waals surface area contributed by atoms with Crippen LogP contribution in [-0.4, -0.2) is 6.61 Å². The minimum absolute atomic E-state index is 0.0619. The Balaban J connectivity index is 2.67. The third-order valence-electron chi connectivity index (χ3n) is 1.95.